The Morgan fingerprint density at radius 3 is 1.03 bits per heavy atom. The van der Waals surface area contributed by atoms with Crippen molar-refractivity contribution in [2.45, 2.75) is 136 Å². The summed E-state index contributed by atoms with van der Waals surface area (Å²) in [4.78, 5) is 26.9. The fourth-order valence-electron chi connectivity index (χ4n) is 4.12. The third kappa shape index (κ3) is 7.11. The van der Waals surface area contributed by atoms with Crippen LogP contribution in [0.15, 0.2) is 12.2 Å². The van der Waals surface area contributed by atoms with Crippen molar-refractivity contribution in [1.82, 2.24) is 4.90 Å². The Bertz CT molecular complexity index is 671. The maximum Gasteiger partial charge on any atom is 0.254 e. The van der Waals surface area contributed by atoms with E-state index in [9.17, 15) is 9.59 Å². The number of ether oxygens (including phenoxy) is 4. The van der Waals surface area contributed by atoms with Crippen LogP contribution in [0, 0.1) is 0 Å². The smallest absolute Gasteiger partial charge is 0.254 e. The molecular weight excluding hydrogens is 410 g/mol. The molecule has 1 heterocycles. The maximum absolute atomic E-state index is 12.8. The maximum atomic E-state index is 12.8. The molecule has 1 fully saturated rings. The second-order valence-electron chi connectivity index (χ2n) is 12.6. The Hall–Kier alpha value is -1.28. The Morgan fingerprint density at radius 2 is 0.781 bits per heavy atom. The van der Waals surface area contributed by atoms with E-state index in [-0.39, 0.29) is 11.8 Å². The number of carbonyl (C=O) groups excluding carboxylic acids is 2. The molecule has 4 unspecified atom stereocenters. The monoisotopic (exact) mass is 453 g/mol. The minimum Gasteiger partial charge on any atom is -0.368 e. The van der Waals surface area contributed by atoms with Crippen molar-refractivity contribution in [1.29, 1.82) is 0 Å². The standard InChI is InChI=1S/C25H43NO6/c1-22(2,3)29-18-17(26-15(27)13-14-16(26)28)19(30-23(4,5)6)21(32-25(10,11)12)20(18)31-24(7,8)9/h13-14,17-21H,1-12H3. The average Bonchev–Trinajstić information content (AvgIpc) is 2.94. The van der Waals surface area contributed by atoms with E-state index in [1.807, 2.05) is 83.1 Å². The van der Waals surface area contributed by atoms with E-state index in [2.05, 4.69) is 0 Å². The highest BCUT2D eigenvalue weighted by molar-refractivity contribution is 6.13. The minimum absolute atomic E-state index is 0.379. The molecule has 7 heteroatoms. The Labute approximate surface area is 193 Å². The number of rotatable bonds is 5. The van der Waals surface area contributed by atoms with E-state index in [1.54, 1.807) is 0 Å². The predicted octanol–water partition coefficient (Wildman–Crippen LogP) is 4.03. The molecule has 2 aliphatic rings. The molecule has 0 aromatic rings. The lowest BCUT2D eigenvalue weighted by Crippen LogP contribution is -2.55. The molecule has 184 valence electrons. The lowest BCUT2D eigenvalue weighted by molar-refractivity contribution is -0.212. The van der Waals surface area contributed by atoms with Gasteiger partial charge in [0, 0.05) is 12.2 Å². The number of nitrogens with zero attached hydrogens (tertiary/aromatic N) is 1. The summed E-state index contributed by atoms with van der Waals surface area (Å²) in [5.74, 6) is -0.758. The van der Waals surface area contributed by atoms with Crippen LogP contribution in [0.4, 0.5) is 0 Å². The second-order valence-corrected chi connectivity index (χ2v) is 12.6. The topological polar surface area (TPSA) is 74.3 Å². The number of imide groups is 1. The average molecular weight is 454 g/mol. The first-order valence-electron chi connectivity index (χ1n) is 11.5. The predicted molar refractivity (Wildman–Crippen MR) is 123 cm³/mol. The zero-order valence-corrected chi connectivity index (χ0v) is 21.9. The Morgan fingerprint density at radius 1 is 0.531 bits per heavy atom. The van der Waals surface area contributed by atoms with Crippen molar-refractivity contribution < 1.29 is 28.5 Å². The normalized spacial score (nSPS) is 30.0. The molecule has 0 radical (unpaired) electrons. The summed E-state index contributed by atoms with van der Waals surface area (Å²) in [5.41, 5.74) is -2.13. The molecule has 7 nitrogen and oxygen atoms in total. The van der Waals surface area contributed by atoms with Gasteiger partial charge in [0.2, 0.25) is 0 Å². The zero-order valence-electron chi connectivity index (χ0n) is 21.9. The number of carbonyl (C=O) groups is 2. The molecule has 0 saturated heterocycles. The number of amides is 2. The van der Waals surface area contributed by atoms with Crippen molar-refractivity contribution in [3.8, 4) is 0 Å². The summed E-state index contributed by atoms with van der Waals surface area (Å²) in [6.45, 7) is 23.5. The van der Waals surface area contributed by atoms with E-state index in [4.69, 9.17) is 18.9 Å². The third-order valence-corrected chi connectivity index (χ3v) is 4.74. The molecule has 2 rings (SSSR count). The molecule has 0 aromatic heterocycles. The van der Waals surface area contributed by atoms with Crippen LogP contribution in [-0.2, 0) is 28.5 Å². The van der Waals surface area contributed by atoms with Gasteiger partial charge in [0.25, 0.3) is 11.8 Å². The first-order chi connectivity index (χ1) is 14.2. The number of hydrogen-bond donors (Lipinski definition) is 0. The molecule has 2 amide bonds. The van der Waals surface area contributed by atoms with E-state index >= 15 is 0 Å². The Kier molecular flexibility index (Phi) is 7.43. The molecule has 1 saturated carbocycles. The summed E-state index contributed by atoms with van der Waals surface area (Å²) in [6, 6.07) is -0.705. The largest absolute Gasteiger partial charge is 0.368 e. The Balaban J connectivity index is 2.68. The molecule has 4 atom stereocenters. The summed E-state index contributed by atoms with van der Waals surface area (Å²) in [5, 5.41) is 0. The molecule has 0 N–H and O–H groups in total. The first kappa shape index (κ1) is 27.0. The zero-order chi connectivity index (χ0) is 24.9. The summed E-state index contributed by atoms with van der Waals surface area (Å²) in [7, 11) is 0. The van der Waals surface area contributed by atoms with Gasteiger partial charge >= 0.3 is 0 Å². The van der Waals surface area contributed by atoms with Gasteiger partial charge in [-0.25, -0.2) is 0 Å². The molecule has 0 aromatic carbocycles. The van der Waals surface area contributed by atoms with E-state index in [0.717, 1.165) is 0 Å². The van der Waals surface area contributed by atoms with Crippen LogP contribution in [0.2, 0.25) is 0 Å². The molecule has 1 aliphatic heterocycles. The van der Waals surface area contributed by atoms with Gasteiger partial charge in [-0.1, -0.05) is 0 Å². The van der Waals surface area contributed by atoms with Crippen molar-refractivity contribution in [3.05, 3.63) is 12.2 Å². The van der Waals surface area contributed by atoms with Crippen LogP contribution >= 0.6 is 0 Å². The minimum atomic E-state index is -0.705. The lowest BCUT2D eigenvalue weighted by Gasteiger charge is -2.38. The van der Waals surface area contributed by atoms with E-state index in [1.165, 1.54) is 17.1 Å². The summed E-state index contributed by atoms with van der Waals surface area (Å²) in [6.07, 6.45) is 0.187. The van der Waals surface area contributed by atoms with Gasteiger partial charge in [-0.15, -0.1) is 0 Å². The number of hydrogen-bond acceptors (Lipinski definition) is 6. The van der Waals surface area contributed by atoms with Gasteiger partial charge in [0.1, 0.15) is 24.4 Å². The van der Waals surface area contributed by atoms with Gasteiger partial charge < -0.3 is 18.9 Å². The quantitative estimate of drug-likeness (QED) is 0.585. The van der Waals surface area contributed by atoms with Crippen molar-refractivity contribution in [2.24, 2.45) is 0 Å². The van der Waals surface area contributed by atoms with Gasteiger partial charge in [-0.05, 0) is 83.1 Å². The fourth-order valence-corrected chi connectivity index (χ4v) is 4.12. The molecule has 1 aliphatic carbocycles. The van der Waals surface area contributed by atoms with Crippen molar-refractivity contribution in [2.75, 3.05) is 0 Å². The highest BCUT2D eigenvalue weighted by atomic mass is 16.6. The van der Waals surface area contributed by atoms with E-state index in [0.29, 0.717) is 0 Å². The third-order valence-electron chi connectivity index (χ3n) is 4.74. The SMILES string of the molecule is CC(C)(C)OC1C(OC(C)(C)C)C(OC(C)(C)C)C(N2C(=O)C=CC2=O)C1OC(C)(C)C. The molecule has 0 bridgehead atoms. The summed E-state index contributed by atoms with van der Waals surface area (Å²) < 4.78 is 26.1. The van der Waals surface area contributed by atoms with E-state index < -0.39 is 52.9 Å². The van der Waals surface area contributed by atoms with Crippen molar-refractivity contribution in [3.63, 3.8) is 0 Å². The van der Waals surface area contributed by atoms with Gasteiger partial charge in [-0.2, -0.15) is 0 Å². The first-order valence-corrected chi connectivity index (χ1v) is 11.5. The van der Waals surface area contributed by atoms with Gasteiger partial charge in [0.15, 0.2) is 0 Å². The van der Waals surface area contributed by atoms with Crippen LogP contribution in [0.1, 0.15) is 83.1 Å². The van der Waals surface area contributed by atoms with Crippen molar-refractivity contribution >= 4 is 11.8 Å². The van der Waals surface area contributed by atoms with Crippen LogP contribution in [-0.4, -0.2) is 69.6 Å². The second kappa shape index (κ2) is 8.82. The highest BCUT2D eigenvalue weighted by Crippen LogP contribution is 2.41. The van der Waals surface area contributed by atoms with Crippen LogP contribution in [0.25, 0.3) is 0 Å². The molecule has 0 spiro atoms. The molecule has 32 heavy (non-hydrogen) atoms. The van der Waals surface area contributed by atoms with Crippen LogP contribution in [0.3, 0.4) is 0 Å². The highest BCUT2D eigenvalue weighted by Gasteiger charge is 2.61. The van der Waals surface area contributed by atoms with Crippen LogP contribution < -0.4 is 0 Å². The van der Waals surface area contributed by atoms with Crippen LogP contribution in [0.5, 0.6) is 0 Å². The summed E-state index contributed by atoms with van der Waals surface area (Å²) >= 11 is 0. The fraction of sp³-hybridized carbons (Fsp3) is 0.840. The van der Waals surface area contributed by atoms with Gasteiger partial charge in [-0.3, -0.25) is 14.5 Å². The molecular formula is C25H43NO6. The lowest BCUT2D eigenvalue weighted by atomic mass is 10.1. The van der Waals surface area contributed by atoms with Gasteiger partial charge in [0.05, 0.1) is 28.4 Å².